The van der Waals surface area contributed by atoms with Crippen molar-refractivity contribution < 1.29 is 9.59 Å². The van der Waals surface area contributed by atoms with Gasteiger partial charge in [-0.1, -0.05) is 0 Å². The Morgan fingerprint density at radius 1 is 1.50 bits per heavy atom. The van der Waals surface area contributed by atoms with Crippen LogP contribution in [-0.2, 0) is 9.59 Å². The molecule has 0 aromatic carbocycles. The molecular weight excluding hydrogens is 106 g/mol. The maximum absolute atomic E-state index is 10.3. The monoisotopic (exact) mass is 112 g/mol. The fraction of sp³-hybridized carbons (Fsp3) is 0.400. The highest BCUT2D eigenvalue weighted by molar-refractivity contribution is 6.01. The summed E-state index contributed by atoms with van der Waals surface area (Å²) in [7, 11) is 0. The Morgan fingerprint density at radius 2 is 2.25 bits per heavy atom. The first kappa shape index (κ1) is 5.28. The van der Waals surface area contributed by atoms with Crippen LogP contribution in [0.25, 0.3) is 0 Å². The van der Waals surface area contributed by atoms with Crippen LogP contribution in [0.3, 0.4) is 0 Å². The van der Waals surface area contributed by atoms with Gasteiger partial charge in [-0.25, -0.2) is 0 Å². The molecule has 0 aromatic heterocycles. The van der Waals surface area contributed by atoms with Crippen LogP contribution in [0.4, 0.5) is 0 Å². The van der Waals surface area contributed by atoms with Crippen LogP contribution in [0.1, 0.15) is 12.8 Å². The molecule has 0 atom stereocenters. The minimum atomic E-state index is -0.263. The van der Waals surface area contributed by atoms with E-state index in [0.717, 1.165) is 0 Å². The largest absolute Gasteiger partial charge is 0.296 e. The smallest absolute Gasteiger partial charge is 0.230 e. The summed E-state index contributed by atoms with van der Waals surface area (Å²) in [6.45, 7) is 0. The number of amides is 2. The maximum atomic E-state index is 10.3. The molecule has 1 heterocycles. The van der Waals surface area contributed by atoms with E-state index in [1.807, 2.05) is 0 Å². The third-order valence-electron chi connectivity index (χ3n) is 0.964. The molecule has 43 valence electrons. The molecule has 0 bridgehead atoms. The van der Waals surface area contributed by atoms with Crippen LogP contribution in [0, 0.1) is 6.42 Å². The van der Waals surface area contributed by atoms with Gasteiger partial charge < -0.3 is 0 Å². The average Bonchev–Trinajstić information content (AvgIpc) is 1.64. The van der Waals surface area contributed by atoms with Crippen molar-refractivity contribution in [3.8, 4) is 0 Å². The van der Waals surface area contributed by atoms with Gasteiger partial charge in [0.25, 0.3) is 0 Å². The summed E-state index contributed by atoms with van der Waals surface area (Å²) in [5, 5.41) is 2.15. The van der Waals surface area contributed by atoms with Gasteiger partial charge in [0, 0.05) is 6.42 Å². The summed E-state index contributed by atoms with van der Waals surface area (Å²) < 4.78 is 0. The fourth-order valence-corrected chi connectivity index (χ4v) is 0.585. The van der Waals surface area contributed by atoms with E-state index in [0.29, 0.717) is 12.8 Å². The normalized spacial score (nSPS) is 20.5. The molecule has 1 N–H and O–H groups in total. The van der Waals surface area contributed by atoms with E-state index in [1.54, 1.807) is 0 Å². The second-order valence-corrected chi connectivity index (χ2v) is 1.66. The van der Waals surface area contributed by atoms with E-state index in [4.69, 9.17) is 0 Å². The van der Waals surface area contributed by atoms with E-state index in [9.17, 15) is 9.59 Å². The molecule has 0 unspecified atom stereocenters. The van der Waals surface area contributed by atoms with Crippen molar-refractivity contribution in [2.45, 2.75) is 12.8 Å². The van der Waals surface area contributed by atoms with Crippen molar-refractivity contribution in [3.05, 3.63) is 6.42 Å². The first-order chi connectivity index (χ1) is 3.79. The summed E-state index contributed by atoms with van der Waals surface area (Å²) in [5.41, 5.74) is 0. The standard InChI is InChI=1S/C5H6NO2/c7-4-2-1-3-5(8)6-4/h2H,1,3H2,(H,6,7,8). The van der Waals surface area contributed by atoms with Gasteiger partial charge in [0.15, 0.2) is 0 Å². The number of piperidine rings is 1. The second kappa shape index (κ2) is 1.94. The van der Waals surface area contributed by atoms with Crippen molar-refractivity contribution in [3.63, 3.8) is 0 Å². The number of imide groups is 1. The summed E-state index contributed by atoms with van der Waals surface area (Å²) in [6, 6.07) is 0. The predicted octanol–water partition coefficient (Wildman–Crippen LogP) is -0.373. The van der Waals surface area contributed by atoms with Gasteiger partial charge in [-0.2, -0.15) is 0 Å². The summed E-state index contributed by atoms with van der Waals surface area (Å²) in [6.07, 6.45) is 2.51. The first-order valence-electron chi connectivity index (χ1n) is 2.46. The molecule has 1 radical (unpaired) electrons. The van der Waals surface area contributed by atoms with Gasteiger partial charge in [-0.15, -0.1) is 0 Å². The van der Waals surface area contributed by atoms with E-state index >= 15 is 0 Å². The molecule has 0 spiro atoms. The molecule has 0 aromatic rings. The van der Waals surface area contributed by atoms with Gasteiger partial charge in [-0.3, -0.25) is 14.9 Å². The van der Waals surface area contributed by atoms with E-state index < -0.39 is 0 Å². The number of nitrogens with one attached hydrogen (secondary N) is 1. The molecule has 0 saturated carbocycles. The second-order valence-electron chi connectivity index (χ2n) is 1.66. The Balaban J connectivity index is 2.45. The SMILES string of the molecule is O=C1[CH]CCC(=O)N1. The van der Waals surface area contributed by atoms with Crippen molar-refractivity contribution in [1.82, 2.24) is 5.32 Å². The topological polar surface area (TPSA) is 46.2 Å². The van der Waals surface area contributed by atoms with Crippen molar-refractivity contribution >= 4 is 11.8 Å². The molecule has 1 fully saturated rings. The molecule has 3 nitrogen and oxygen atoms in total. The van der Waals surface area contributed by atoms with Crippen LogP contribution in [0.15, 0.2) is 0 Å². The Morgan fingerprint density at radius 3 is 2.62 bits per heavy atom. The Hall–Kier alpha value is -0.860. The predicted molar refractivity (Wildman–Crippen MR) is 26.7 cm³/mol. The lowest BCUT2D eigenvalue weighted by Crippen LogP contribution is -2.34. The Labute approximate surface area is 47.1 Å². The van der Waals surface area contributed by atoms with Crippen LogP contribution < -0.4 is 5.32 Å². The van der Waals surface area contributed by atoms with E-state index in [1.165, 1.54) is 6.42 Å². The minimum absolute atomic E-state index is 0.169. The molecule has 1 saturated heterocycles. The fourth-order valence-electron chi connectivity index (χ4n) is 0.585. The van der Waals surface area contributed by atoms with Gasteiger partial charge in [-0.05, 0) is 6.42 Å². The first-order valence-corrected chi connectivity index (χ1v) is 2.46. The summed E-state index contributed by atoms with van der Waals surface area (Å²) in [5.74, 6) is -0.432. The van der Waals surface area contributed by atoms with Crippen LogP contribution in [0.2, 0.25) is 0 Å². The molecule has 2 amide bonds. The van der Waals surface area contributed by atoms with Crippen LogP contribution in [0.5, 0.6) is 0 Å². The molecule has 3 heteroatoms. The van der Waals surface area contributed by atoms with E-state index in [-0.39, 0.29) is 11.8 Å². The van der Waals surface area contributed by atoms with Gasteiger partial charge in [0.1, 0.15) is 0 Å². The lowest BCUT2D eigenvalue weighted by molar-refractivity contribution is -0.130. The highest BCUT2D eigenvalue weighted by Crippen LogP contribution is 1.99. The molecule has 1 aliphatic heterocycles. The lowest BCUT2D eigenvalue weighted by Gasteiger charge is -2.07. The molecule has 1 rings (SSSR count). The van der Waals surface area contributed by atoms with E-state index in [2.05, 4.69) is 5.32 Å². The number of carbonyl (C=O) groups excluding carboxylic acids is 2. The molecular formula is C5H6NO2. The number of carbonyl (C=O) groups is 2. The minimum Gasteiger partial charge on any atom is -0.296 e. The zero-order valence-electron chi connectivity index (χ0n) is 4.31. The Kier molecular flexibility index (Phi) is 1.28. The third-order valence-corrected chi connectivity index (χ3v) is 0.964. The molecule has 8 heavy (non-hydrogen) atoms. The molecule has 0 aliphatic carbocycles. The highest BCUT2D eigenvalue weighted by atomic mass is 16.2. The zero-order chi connectivity index (χ0) is 5.98. The van der Waals surface area contributed by atoms with Gasteiger partial charge in [0.05, 0.1) is 6.42 Å². The Bertz CT molecular complexity index is 116. The van der Waals surface area contributed by atoms with Crippen LogP contribution >= 0.6 is 0 Å². The molecule has 1 aliphatic rings. The average molecular weight is 112 g/mol. The van der Waals surface area contributed by atoms with Crippen LogP contribution in [-0.4, -0.2) is 11.8 Å². The highest BCUT2D eigenvalue weighted by Gasteiger charge is 2.13. The summed E-state index contributed by atoms with van der Waals surface area (Å²) in [4.78, 5) is 20.6. The van der Waals surface area contributed by atoms with Crippen molar-refractivity contribution in [2.75, 3.05) is 0 Å². The maximum Gasteiger partial charge on any atom is 0.230 e. The lowest BCUT2D eigenvalue weighted by atomic mass is 10.1. The number of hydrogen-bond donors (Lipinski definition) is 1. The quantitative estimate of drug-likeness (QED) is 0.434. The third kappa shape index (κ3) is 1.05. The van der Waals surface area contributed by atoms with Crippen molar-refractivity contribution in [2.24, 2.45) is 0 Å². The number of hydrogen-bond acceptors (Lipinski definition) is 2. The van der Waals surface area contributed by atoms with Gasteiger partial charge >= 0.3 is 0 Å². The van der Waals surface area contributed by atoms with Gasteiger partial charge in [0.2, 0.25) is 11.8 Å². The zero-order valence-corrected chi connectivity index (χ0v) is 4.31. The van der Waals surface area contributed by atoms with Crippen molar-refractivity contribution in [1.29, 1.82) is 0 Å². The summed E-state index contributed by atoms with van der Waals surface area (Å²) >= 11 is 0. The number of rotatable bonds is 0.